The van der Waals surface area contributed by atoms with Crippen molar-refractivity contribution in [3.8, 4) is 11.4 Å². The second kappa shape index (κ2) is 8.32. The molecule has 1 aromatic carbocycles. The Morgan fingerprint density at radius 1 is 1.15 bits per heavy atom. The number of rotatable bonds is 4. The molecular weight excluding hydrogens is 430 g/mol. The standard InChI is InChI=1S/C25H29N7O2/c1-25(2)12-16-13-28-24(27)29-20(16)22-19(25)21(30-31-22)18(33)11-14-3-5-15(6-4-14)23(34)32-9-7-17(26)8-10-32/h3-6,13,17H,7-12,26H2,1-2H3,(H,30,31)(H2,27,28,29). The lowest BCUT2D eigenvalue weighted by atomic mass is 9.72. The molecule has 0 radical (unpaired) electrons. The van der Waals surface area contributed by atoms with E-state index in [4.69, 9.17) is 11.5 Å². The van der Waals surface area contributed by atoms with E-state index in [0.29, 0.717) is 42.2 Å². The molecule has 2 aliphatic rings. The third kappa shape index (κ3) is 3.96. The Bertz CT molecular complexity index is 1250. The van der Waals surface area contributed by atoms with Gasteiger partial charge in [-0.2, -0.15) is 5.10 Å². The van der Waals surface area contributed by atoms with Crippen LogP contribution >= 0.6 is 0 Å². The molecule has 0 spiro atoms. The number of benzene rings is 1. The van der Waals surface area contributed by atoms with E-state index in [9.17, 15) is 9.59 Å². The molecule has 34 heavy (non-hydrogen) atoms. The lowest BCUT2D eigenvalue weighted by molar-refractivity contribution is 0.0714. The summed E-state index contributed by atoms with van der Waals surface area (Å²) in [5.41, 5.74) is 16.6. The third-order valence-electron chi connectivity index (χ3n) is 6.85. The molecule has 3 aromatic rings. The van der Waals surface area contributed by atoms with Crippen LogP contribution in [0.25, 0.3) is 11.4 Å². The smallest absolute Gasteiger partial charge is 0.253 e. The van der Waals surface area contributed by atoms with Crippen molar-refractivity contribution in [1.29, 1.82) is 0 Å². The lowest BCUT2D eigenvalue weighted by Gasteiger charge is -2.31. The number of ketones is 1. The number of aromatic nitrogens is 4. The summed E-state index contributed by atoms with van der Waals surface area (Å²) >= 11 is 0. The first-order valence-electron chi connectivity index (χ1n) is 11.6. The average Bonchev–Trinajstić information content (AvgIpc) is 3.27. The minimum Gasteiger partial charge on any atom is -0.368 e. The number of piperidine rings is 1. The van der Waals surface area contributed by atoms with E-state index in [1.54, 1.807) is 18.3 Å². The number of carbonyl (C=O) groups excluding carboxylic acids is 2. The fourth-order valence-electron chi connectivity index (χ4n) is 5.02. The molecule has 2 aromatic heterocycles. The van der Waals surface area contributed by atoms with Gasteiger partial charge in [0, 0.05) is 42.9 Å². The maximum atomic E-state index is 13.3. The Balaban J connectivity index is 1.35. The van der Waals surface area contributed by atoms with Gasteiger partial charge in [0.05, 0.1) is 5.69 Å². The van der Waals surface area contributed by atoms with Crippen LogP contribution in [0, 0.1) is 0 Å². The number of nitrogen functional groups attached to an aromatic ring is 1. The molecule has 9 heteroatoms. The van der Waals surface area contributed by atoms with Crippen LogP contribution in [-0.4, -0.2) is 55.9 Å². The van der Waals surface area contributed by atoms with Crippen molar-refractivity contribution in [1.82, 2.24) is 25.1 Å². The number of aromatic amines is 1. The maximum absolute atomic E-state index is 13.3. The van der Waals surface area contributed by atoms with Gasteiger partial charge >= 0.3 is 0 Å². The molecule has 5 rings (SSSR count). The molecule has 176 valence electrons. The van der Waals surface area contributed by atoms with E-state index >= 15 is 0 Å². The highest BCUT2D eigenvalue weighted by atomic mass is 16.2. The Morgan fingerprint density at radius 3 is 2.56 bits per heavy atom. The monoisotopic (exact) mass is 459 g/mol. The minimum absolute atomic E-state index is 0.00842. The Hall–Kier alpha value is -3.59. The first kappa shape index (κ1) is 22.2. The first-order valence-corrected chi connectivity index (χ1v) is 11.6. The summed E-state index contributed by atoms with van der Waals surface area (Å²) in [7, 11) is 0. The number of H-pyrrole nitrogens is 1. The number of anilines is 1. The highest BCUT2D eigenvalue weighted by Gasteiger charge is 2.38. The normalized spacial score (nSPS) is 17.2. The molecular formula is C25H29N7O2. The van der Waals surface area contributed by atoms with Gasteiger partial charge < -0.3 is 16.4 Å². The van der Waals surface area contributed by atoms with Crippen molar-refractivity contribution in [3.63, 3.8) is 0 Å². The van der Waals surface area contributed by atoms with Crippen molar-refractivity contribution in [3.05, 3.63) is 58.4 Å². The van der Waals surface area contributed by atoms with Crippen molar-refractivity contribution in [2.24, 2.45) is 5.73 Å². The van der Waals surface area contributed by atoms with Crippen LogP contribution in [0.5, 0.6) is 0 Å². The van der Waals surface area contributed by atoms with Crippen LogP contribution < -0.4 is 11.5 Å². The molecule has 0 atom stereocenters. The van der Waals surface area contributed by atoms with Crippen LogP contribution in [0.2, 0.25) is 0 Å². The van der Waals surface area contributed by atoms with Gasteiger partial charge in [0.25, 0.3) is 5.91 Å². The van der Waals surface area contributed by atoms with Crippen molar-refractivity contribution >= 4 is 17.6 Å². The number of nitrogens with one attached hydrogen (secondary N) is 1. The Morgan fingerprint density at radius 2 is 1.85 bits per heavy atom. The van der Waals surface area contributed by atoms with Gasteiger partial charge in [0.2, 0.25) is 5.95 Å². The molecule has 1 saturated heterocycles. The van der Waals surface area contributed by atoms with E-state index in [1.165, 1.54) is 0 Å². The van der Waals surface area contributed by atoms with Crippen LogP contribution in [0.4, 0.5) is 5.95 Å². The Kier molecular flexibility index (Phi) is 5.44. The molecule has 0 bridgehead atoms. The Labute approximate surface area is 198 Å². The second-order valence-electron chi connectivity index (χ2n) is 9.91. The van der Waals surface area contributed by atoms with Crippen molar-refractivity contribution in [2.45, 2.75) is 51.0 Å². The van der Waals surface area contributed by atoms with Gasteiger partial charge in [-0.3, -0.25) is 14.7 Å². The van der Waals surface area contributed by atoms with E-state index in [2.05, 4.69) is 34.0 Å². The molecule has 0 unspecified atom stereocenters. The summed E-state index contributed by atoms with van der Waals surface area (Å²) in [6.07, 6.45) is 4.28. The first-order chi connectivity index (χ1) is 16.2. The van der Waals surface area contributed by atoms with Crippen molar-refractivity contribution < 1.29 is 9.59 Å². The summed E-state index contributed by atoms with van der Waals surface area (Å²) in [6, 6.07) is 7.45. The zero-order valence-corrected chi connectivity index (χ0v) is 19.5. The summed E-state index contributed by atoms with van der Waals surface area (Å²) in [5, 5.41) is 7.40. The van der Waals surface area contributed by atoms with Gasteiger partial charge in [-0.05, 0) is 47.9 Å². The number of fused-ring (bicyclic) bond motifs is 3. The number of Topliss-reactive ketones (excluding diaryl/α,β-unsaturated/α-hetero) is 1. The van der Waals surface area contributed by atoms with Gasteiger partial charge in [-0.15, -0.1) is 0 Å². The molecule has 0 saturated carbocycles. The van der Waals surface area contributed by atoms with Crippen LogP contribution in [0.1, 0.15) is 64.2 Å². The molecule has 9 nitrogen and oxygen atoms in total. The highest BCUT2D eigenvalue weighted by Crippen LogP contribution is 2.42. The molecule has 1 aliphatic heterocycles. The summed E-state index contributed by atoms with van der Waals surface area (Å²) < 4.78 is 0. The number of hydrogen-bond acceptors (Lipinski definition) is 7. The number of nitrogens with two attached hydrogens (primary N) is 2. The van der Waals surface area contributed by atoms with Gasteiger partial charge in [-0.1, -0.05) is 26.0 Å². The van der Waals surface area contributed by atoms with Crippen LogP contribution in [0.3, 0.4) is 0 Å². The van der Waals surface area contributed by atoms with E-state index < -0.39 is 0 Å². The van der Waals surface area contributed by atoms with Gasteiger partial charge in [-0.25, -0.2) is 9.97 Å². The summed E-state index contributed by atoms with van der Waals surface area (Å²) in [6.45, 7) is 5.54. The number of likely N-dealkylation sites (tertiary alicyclic amines) is 1. The number of hydrogen-bond donors (Lipinski definition) is 3. The highest BCUT2D eigenvalue weighted by molar-refractivity contribution is 5.99. The fraction of sp³-hybridized carbons (Fsp3) is 0.400. The van der Waals surface area contributed by atoms with E-state index in [1.807, 2.05) is 17.0 Å². The summed E-state index contributed by atoms with van der Waals surface area (Å²) in [4.78, 5) is 36.4. The predicted octanol–water partition coefficient (Wildman–Crippen LogP) is 2.27. The summed E-state index contributed by atoms with van der Waals surface area (Å²) in [5.74, 6) is 0.132. The van der Waals surface area contributed by atoms with Crippen LogP contribution in [-0.2, 0) is 18.3 Å². The van der Waals surface area contributed by atoms with Crippen LogP contribution in [0.15, 0.2) is 30.5 Å². The maximum Gasteiger partial charge on any atom is 0.253 e. The zero-order valence-electron chi connectivity index (χ0n) is 19.5. The molecule has 3 heterocycles. The number of nitrogens with zero attached hydrogens (tertiary/aromatic N) is 4. The SMILES string of the molecule is CC1(C)Cc2cnc(N)nc2-c2n[nH]c(C(=O)Cc3ccc(C(=O)N4CCC(N)CC4)cc3)c21. The quantitative estimate of drug-likeness (QED) is 0.508. The number of carbonyl (C=O) groups is 2. The molecule has 1 fully saturated rings. The molecule has 5 N–H and O–H groups in total. The predicted molar refractivity (Wildman–Crippen MR) is 128 cm³/mol. The van der Waals surface area contributed by atoms with Crippen molar-refractivity contribution in [2.75, 3.05) is 18.8 Å². The fourth-order valence-corrected chi connectivity index (χ4v) is 5.02. The molecule has 1 amide bonds. The molecule has 1 aliphatic carbocycles. The second-order valence-corrected chi connectivity index (χ2v) is 9.91. The van der Waals surface area contributed by atoms with Gasteiger partial charge in [0.1, 0.15) is 11.4 Å². The average molecular weight is 460 g/mol. The third-order valence-corrected chi connectivity index (χ3v) is 6.85. The van der Waals surface area contributed by atoms with E-state index in [0.717, 1.165) is 29.5 Å². The topological polar surface area (TPSA) is 144 Å². The number of amides is 1. The van der Waals surface area contributed by atoms with E-state index in [-0.39, 0.29) is 35.5 Å². The minimum atomic E-state index is -0.312. The zero-order chi connectivity index (χ0) is 24.0. The van der Waals surface area contributed by atoms with Gasteiger partial charge in [0.15, 0.2) is 5.78 Å². The lowest BCUT2D eigenvalue weighted by Crippen LogP contribution is -2.42. The largest absolute Gasteiger partial charge is 0.368 e.